The number of aliphatic hydroxyl groups is 1. The van der Waals surface area contributed by atoms with Crippen LogP contribution < -0.4 is 10.2 Å². The van der Waals surface area contributed by atoms with E-state index in [9.17, 15) is 19.4 Å². The smallest absolute Gasteiger partial charge is 0.268 e. The molecule has 0 rings (SSSR count). The number of phosphoric acid groups is 1. The maximum atomic E-state index is 13.0. The van der Waals surface area contributed by atoms with Gasteiger partial charge in [-0.3, -0.25) is 9.36 Å². The minimum Gasteiger partial charge on any atom is -0.756 e. The van der Waals surface area contributed by atoms with Crippen LogP contribution >= 0.6 is 7.82 Å². The van der Waals surface area contributed by atoms with Crippen molar-refractivity contribution in [3.63, 3.8) is 0 Å². The minimum atomic E-state index is -4.60. The Balaban J connectivity index is 4.21. The Morgan fingerprint density at radius 3 is 1.29 bits per heavy atom. The molecule has 0 aromatic carbocycles. The molecule has 0 aliphatic heterocycles. The van der Waals surface area contributed by atoms with Crippen LogP contribution in [0.3, 0.4) is 0 Å². The van der Waals surface area contributed by atoms with Gasteiger partial charge in [-0.25, -0.2) is 0 Å². The van der Waals surface area contributed by atoms with Gasteiger partial charge in [0.25, 0.3) is 7.82 Å². The predicted octanol–water partition coefficient (Wildman–Crippen LogP) is 17.1. The van der Waals surface area contributed by atoms with Crippen LogP contribution in [0.25, 0.3) is 0 Å². The van der Waals surface area contributed by atoms with E-state index < -0.39 is 20.0 Å². The maximum absolute atomic E-state index is 13.0. The van der Waals surface area contributed by atoms with Crippen LogP contribution in [0.2, 0.25) is 0 Å². The van der Waals surface area contributed by atoms with Gasteiger partial charge in [0.2, 0.25) is 5.91 Å². The lowest BCUT2D eigenvalue weighted by Gasteiger charge is -2.29. The molecule has 0 aliphatic rings. The quantitative estimate of drug-likeness (QED) is 0.0272. The molecule has 0 fully saturated rings. The SMILES string of the molecule is CC/C=C\C/C=C\C/C=C\C/C=C\CCCCCCCCCCCCCCC(=O)NC(COP(=O)([O-])OCC[N+](C)(C)C)C(O)/C=C/CCCCCCCCCCCCCCCCCCCCCC. The van der Waals surface area contributed by atoms with Crippen molar-refractivity contribution in [2.45, 2.75) is 276 Å². The number of aliphatic hydroxyl groups excluding tert-OH is 1. The number of unbranched alkanes of at least 4 members (excludes halogenated alkanes) is 32. The van der Waals surface area contributed by atoms with E-state index in [1.165, 1.54) is 180 Å². The summed E-state index contributed by atoms with van der Waals surface area (Å²) in [4.78, 5) is 25.5. The topological polar surface area (TPSA) is 108 Å². The van der Waals surface area contributed by atoms with Crippen molar-refractivity contribution in [3.05, 3.63) is 60.8 Å². The van der Waals surface area contributed by atoms with Crippen LogP contribution in [0.5, 0.6) is 0 Å². The van der Waals surface area contributed by atoms with E-state index in [0.29, 0.717) is 17.4 Å². The van der Waals surface area contributed by atoms with E-state index >= 15 is 0 Å². The van der Waals surface area contributed by atoms with Crippen LogP contribution in [0.1, 0.15) is 264 Å². The summed E-state index contributed by atoms with van der Waals surface area (Å²) >= 11 is 0. The average molecular weight is 990 g/mol. The maximum Gasteiger partial charge on any atom is 0.268 e. The summed E-state index contributed by atoms with van der Waals surface area (Å²) in [7, 11) is 1.26. The Labute approximate surface area is 428 Å². The first kappa shape index (κ1) is 67.2. The Hall–Kier alpha value is -1.80. The fourth-order valence-electron chi connectivity index (χ4n) is 8.44. The molecule has 8 nitrogen and oxygen atoms in total. The van der Waals surface area contributed by atoms with Crippen molar-refractivity contribution in [3.8, 4) is 0 Å². The van der Waals surface area contributed by atoms with Gasteiger partial charge in [-0.2, -0.15) is 0 Å². The molecule has 0 heterocycles. The van der Waals surface area contributed by atoms with Crippen LogP contribution in [0.15, 0.2) is 60.8 Å². The fourth-order valence-corrected chi connectivity index (χ4v) is 9.16. The number of nitrogens with zero attached hydrogens (tertiary/aromatic N) is 1. The summed E-state index contributed by atoms with van der Waals surface area (Å²) < 4.78 is 23.4. The zero-order valence-electron chi connectivity index (χ0n) is 46.0. The second kappa shape index (κ2) is 51.1. The molecule has 2 N–H and O–H groups in total. The van der Waals surface area contributed by atoms with Gasteiger partial charge in [0, 0.05) is 6.42 Å². The summed E-state index contributed by atoms with van der Waals surface area (Å²) in [5, 5.41) is 13.9. The normalized spacial score (nSPS) is 14.4. The molecular formula is C60H113N2O6P. The lowest BCUT2D eigenvalue weighted by Crippen LogP contribution is -2.45. The summed E-state index contributed by atoms with van der Waals surface area (Å²) in [6, 6.07) is -0.890. The molecule has 0 aromatic heterocycles. The van der Waals surface area contributed by atoms with Crippen LogP contribution in [0, 0.1) is 0 Å². The Bertz CT molecular complexity index is 1310. The summed E-state index contributed by atoms with van der Waals surface area (Å²) in [6.07, 6.45) is 68.6. The number of quaternary nitrogens is 1. The number of carbonyl (C=O) groups is 1. The van der Waals surface area contributed by atoms with Gasteiger partial charge in [-0.1, -0.05) is 261 Å². The standard InChI is InChI=1S/C60H113N2O6P/c1-6-8-10-12-14-16-18-20-22-24-26-28-30-31-32-34-36-38-40-42-44-46-48-50-52-54-60(64)61-58(57-68-69(65,66)67-56-55-62(3,4)5)59(63)53-51-49-47-45-43-41-39-37-35-33-29-27-25-23-21-19-17-15-13-11-9-7-2/h8,10,14,16,20,22,26,28,51,53,58-59,63H,6-7,9,11-13,15,17-19,21,23-25,27,29-50,52,54-57H2,1-5H3,(H-,61,64,65,66)/b10-8-,16-14-,22-20-,28-26-,53-51+. The number of likely N-dealkylation sites (N-methyl/N-ethyl adjacent to an activating group) is 1. The molecule has 69 heavy (non-hydrogen) atoms. The third kappa shape index (κ3) is 53.8. The highest BCUT2D eigenvalue weighted by Crippen LogP contribution is 2.38. The summed E-state index contributed by atoms with van der Waals surface area (Å²) in [5.41, 5.74) is 0. The van der Waals surface area contributed by atoms with Crippen molar-refractivity contribution >= 4 is 13.7 Å². The van der Waals surface area contributed by atoms with Crippen molar-refractivity contribution in [2.75, 3.05) is 40.9 Å². The Morgan fingerprint density at radius 2 is 0.884 bits per heavy atom. The highest BCUT2D eigenvalue weighted by Gasteiger charge is 2.23. The van der Waals surface area contributed by atoms with Crippen molar-refractivity contribution < 1.29 is 32.9 Å². The van der Waals surface area contributed by atoms with Crippen molar-refractivity contribution in [1.82, 2.24) is 5.32 Å². The molecule has 3 unspecified atom stereocenters. The van der Waals surface area contributed by atoms with Crippen LogP contribution in [0.4, 0.5) is 0 Å². The van der Waals surface area contributed by atoms with Crippen LogP contribution in [-0.4, -0.2) is 68.5 Å². The first-order chi connectivity index (χ1) is 33.5. The number of hydrogen-bond acceptors (Lipinski definition) is 6. The molecule has 0 aromatic rings. The van der Waals surface area contributed by atoms with Gasteiger partial charge in [0.1, 0.15) is 13.2 Å². The molecule has 0 saturated carbocycles. The molecule has 0 bridgehead atoms. The largest absolute Gasteiger partial charge is 0.756 e. The average Bonchev–Trinajstić information content (AvgIpc) is 3.31. The van der Waals surface area contributed by atoms with E-state index in [0.717, 1.165) is 64.2 Å². The highest BCUT2D eigenvalue weighted by atomic mass is 31.2. The van der Waals surface area contributed by atoms with Gasteiger partial charge in [0.15, 0.2) is 0 Å². The third-order valence-electron chi connectivity index (χ3n) is 13.0. The number of carbonyl (C=O) groups excluding carboxylic acids is 1. The lowest BCUT2D eigenvalue weighted by molar-refractivity contribution is -0.870. The van der Waals surface area contributed by atoms with Gasteiger partial charge in [-0.05, 0) is 57.8 Å². The fraction of sp³-hybridized carbons (Fsp3) is 0.817. The van der Waals surface area contributed by atoms with Gasteiger partial charge < -0.3 is 28.8 Å². The van der Waals surface area contributed by atoms with Crippen LogP contribution in [-0.2, 0) is 18.4 Å². The molecule has 0 spiro atoms. The second-order valence-electron chi connectivity index (χ2n) is 21.0. The van der Waals surface area contributed by atoms with E-state index in [-0.39, 0.29) is 19.1 Å². The highest BCUT2D eigenvalue weighted by molar-refractivity contribution is 7.45. The third-order valence-corrected chi connectivity index (χ3v) is 13.9. The van der Waals surface area contributed by atoms with E-state index in [1.54, 1.807) is 6.08 Å². The van der Waals surface area contributed by atoms with E-state index in [2.05, 4.69) is 67.8 Å². The first-order valence-corrected chi connectivity index (χ1v) is 30.6. The lowest BCUT2D eigenvalue weighted by atomic mass is 10.0. The number of phosphoric ester groups is 1. The summed E-state index contributed by atoms with van der Waals surface area (Å²) in [6.45, 7) is 4.56. The molecule has 1 amide bonds. The van der Waals surface area contributed by atoms with Gasteiger partial charge >= 0.3 is 0 Å². The minimum absolute atomic E-state index is 0.00253. The second-order valence-corrected chi connectivity index (χ2v) is 22.4. The number of allylic oxidation sites excluding steroid dienone is 9. The van der Waals surface area contributed by atoms with Gasteiger partial charge in [-0.15, -0.1) is 0 Å². The zero-order chi connectivity index (χ0) is 50.6. The molecule has 3 atom stereocenters. The van der Waals surface area contributed by atoms with Crippen molar-refractivity contribution in [1.29, 1.82) is 0 Å². The predicted molar refractivity (Wildman–Crippen MR) is 297 cm³/mol. The number of nitrogens with one attached hydrogen (secondary N) is 1. The molecule has 9 heteroatoms. The van der Waals surface area contributed by atoms with E-state index in [1.807, 2.05) is 27.2 Å². The molecular weight excluding hydrogens is 876 g/mol. The van der Waals surface area contributed by atoms with Gasteiger partial charge in [0.05, 0.1) is 39.9 Å². The van der Waals surface area contributed by atoms with Crippen molar-refractivity contribution in [2.24, 2.45) is 0 Å². The Morgan fingerprint density at radius 1 is 0.522 bits per heavy atom. The number of rotatable bonds is 53. The van der Waals surface area contributed by atoms with E-state index in [4.69, 9.17) is 9.05 Å². The number of hydrogen-bond donors (Lipinski definition) is 2. The summed E-state index contributed by atoms with van der Waals surface area (Å²) in [5.74, 6) is -0.199. The monoisotopic (exact) mass is 989 g/mol. The number of amides is 1. The Kier molecular flexibility index (Phi) is 49.8. The molecule has 0 aliphatic carbocycles. The molecule has 0 radical (unpaired) electrons. The molecule has 0 saturated heterocycles. The first-order valence-electron chi connectivity index (χ1n) is 29.2. The zero-order valence-corrected chi connectivity index (χ0v) is 46.9. The molecule has 404 valence electrons.